The zero-order chi connectivity index (χ0) is 16.4. The summed E-state index contributed by atoms with van der Waals surface area (Å²) in [7, 11) is 0. The van der Waals surface area contributed by atoms with E-state index in [4.69, 9.17) is 4.74 Å². The highest BCUT2D eigenvalue weighted by atomic mass is 16.5. The van der Waals surface area contributed by atoms with E-state index in [1.54, 1.807) is 0 Å². The standard InChI is InChI=1S/C19H27N3O2/c23-19(22-13-18(14-22)21-8-10-24-11-9-21)15-20-7-6-17(12-20)16-4-2-1-3-5-16/h1-5,17-18H,6-15H2/t17-/m0/s1. The van der Waals surface area contributed by atoms with Gasteiger partial charge in [0.1, 0.15) is 0 Å². The molecule has 0 spiro atoms. The fourth-order valence-corrected chi connectivity index (χ4v) is 4.10. The van der Waals surface area contributed by atoms with Crippen molar-refractivity contribution in [3.63, 3.8) is 0 Å². The van der Waals surface area contributed by atoms with E-state index in [-0.39, 0.29) is 0 Å². The number of benzene rings is 1. The molecule has 3 aliphatic heterocycles. The fourth-order valence-electron chi connectivity index (χ4n) is 4.10. The van der Waals surface area contributed by atoms with Crippen LogP contribution in [0.4, 0.5) is 0 Å². The Labute approximate surface area is 144 Å². The van der Waals surface area contributed by atoms with Gasteiger partial charge in [-0.3, -0.25) is 14.6 Å². The minimum atomic E-state index is 0.299. The van der Waals surface area contributed by atoms with Gasteiger partial charge in [0.25, 0.3) is 0 Å². The molecule has 0 N–H and O–H groups in total. The van der Waals surface area contributed by atoms with Crippen LogP contribution < -0.4 is 0 Å². The Balaban J connectivity index is 1.22. The van der Waals surface area contributed by atoms with Crippen molar-refractivity contribution < 1.29 is 9.53 Å². The van der Waals surface area contributed by atoms with E-state index in [9.17, 15) is 4.79 Å². The fraction of sp³-hybridized carbons (Fsp3) is 0.632. The van der Waals surface area contributed by atoms with Crippen molar-refractivity contribution >= 4 is 5.91 Å². The van der Waals surface area contributed by atoms with Gasteiger partial charge in [-0.25, -0.2) is 0 Å². The minimum absolute atomic E-state index is 0.299. The van der Waals surface area contributed by atoms with Gasteiger partial charge in [-0.15, -0.1) is 0 Å². The first-order chi connectivity index (χ1) is 11.8. The maximum atomic E-state index is 12.5. The molecule has 3 aliphatic rings. The molecule has 3 heterocycles. The summed E-state index contributed by atoms with van der Waals surface area (Å²) in [5.74, 6) is 0.879. The smallest absolute Gasteiger partial charge is 0.236 e. The molecule has 1 amide bonds. The van der Waals surface area contributed by atoms with Gasteiger partial charge in [0.05, 0.1) is 19.8 Å². The molecule has 4 rings (SSSR count). The lowest BCUT2D eigenvalue weighted by molar-refractivity contribution is -0.141. The molecule has 1 aromatic rings. The highest BCUT2D eigenvalue weighted by Crippen LogP contribution is 2.27. The molecule has 5 heteroatoms. The van der Waals surface area contributed by atoms with Gasteiger partial charge in [0.2, 0.25) is 5.91 Å². The van der Waals surface area contributed by atoms with Crippen molar-refractivity contribution in [3.8, 4) is 0 Å². The van der Waals surface area contributed by atoms with Crippen molar-refractivity contribution in [3.05, 3.63) is 35.9 Å². The van der Waals surface area contributed by atoms with Crippen LogP contribution in [-0.4, -0.2) is 85.7 Å². The van der Waals surface area contributed by atoms with Crippen LogP contribution in [0.25, 0.3) is 0 Å². The van der Waals surface area contributed by atoms with Crippen molar-refractivity contribution in [2.75, 3.05) is 59.0 Å². The Bertz CT molecular complexity index is 553. The second kappa shape index (κ2) is 7.21. The third kappa shape index (κ3) is 3.48. The largest absolute Gasteiger partial charge is 0.379 e. The van der Waals surface area contributed by atoms with E-state index in [1.807, 2.05) is 4.90 Å². The van der Waals surface area contributed by atoms with Gasteiger partial charge in [0.15, 0.2) is 0 Å². The van der Waals surface area contributed by atoms with Crippen LogP contribution in [0.15, 0.2) is 30.3 Å². The Kier molecular flexibility index (Phi) is 4.83. The average Bonchev–Trinajstić information content (AvgIpc) is 3.04. The first kappa shape index (κ1) is 16.1. The van der Waals surface area contributed by atoms with Gasteiger partial charge in [-0.2, -0.15) is 0 Å². The summed E-state index contributed by atoms with van der Waals surface area (Å²) in [6.07, 6.45) is 1.16. The summed E-state index contributed by atoms with van der Waals surface area (Å²) < 4.78 is 5.40. The molecule has 0 unspecified atom stereocenters. The molecule has 0 saturated carbocycles. The number of nitrogens with zero attached hydrogens (tertiary/aromatic N) is 3. The number of hydrogen-bond donors (Lipinski definition) is 0. The summed E-state index contributed by atoms with van der Waals surface area (Å²) >= 11 is 0. The van der Waals surface area contributed by atoms with E-state index in [0.717, 1.165) is 58.9 Å². The van der Waals surface area contributed by atoms with Gasteiger partial charge in [-0.05, 0) is 24.4 Å². The number of carbonyl (C=O) groups excluding carboxylic acids is 1. The molecular weight excluding hydrogens is 302 g/mol. The first-order valence-electron chi connectivity index (χ1n) is 9.16. The molecule has 0 radical (unpaired) electrons. The third-order valence-corrected chi connectivity index (χ3v) is 5.68. The molecule has 1 atom stereocenters. The number of rotatable bonds is 4. The zero-order valence-electron chi connectivity index (χ0n) is 14.3. The van der Waals surface area contributed by atoms with Gasteiger partial charge in [-0.1, -0.05) is 30.3 Å². The van der Waals surface area contributed by atoms with Crippen LogP contribution in [0.1, 0.15) is 17.9 Å². The van der Waals surface area contributed by atoms with Crippen LogP contribution >= 0.6 is 0 Å². The maximum absolute atomic E-state index is 12.5. The third-order valence-electron chi connectivity index (χ3n) is 5.68. The first-order valence-corrected chi connectivity index (χ1v) is 9.16. The normalized spacial score (nSPS) is 26.5. The van der Waals surface area contributed by atoms with Crippen LogP contribution in [0.2, 0.25) is 0 Å². The summed E-state index contributed by atoms with van der Waals surface area (Å²) in [5.41, 5.74) is 1.41. The number of amides is 1. The zero-order valence-corrected chi connectivity index (χ0v) is 14.3. The topological polar surface area (TPSA) is 36.0 Å². The number of carbonyl (C=O) groups is 1. The lowest BCUT2D eigenvalue weighted by atomic mass is 9.99. The number of morpholine rings is 1. The SMILES string of the molecule is O=C(CN1CC[C@H](c2ccccc2)C1)N1CC(N2CCOCC2)C1. The van der Waals surface area contributed by atoms with Gasteiger partial charge < -0.3 is 9.64 Å². The Hall–Kier alpha value is -1.43. The molecule has 130 valence electrons. The summed E-state index contributed by atoms with van der Waals surface area (Å²) in [5, 5.41) is 0. The van der Waals surface area contributed by atoms with Crippen molar-refractivity contribution in [2.45, 2.75) is 18.4 Å². The van der Waals surface area contributed by atoms with E-state index < -0.39 is 0 Å². The quantitative estimate of drug-likeness (QED) is 0.826. The lowest BCUT2D eigenvalue weighted by Crippen LogP contribution is -2.63. The molecule has 3 saturated heterocycles. The second-order valence-corrected chi connectivity index (χ2v) is 7.23. The summed E-state index contributed by atoms with van der Waals surface area (Å²) in [4.78, 5) is 19.3. The summed E-state index contributed by atoms with van der Waals surface area (Å²) in [6, 6.07) is 11.2. The van der Waals surface area contributed by atoms with Crippen LogP contribution in [0, 0.1) is 0 Å². The predicted molar refractivity (Wildman–Crippen MR) is 93.0 cm³/mol. The van der Waals surface area contributed by atoms with E-state index in [1.165, 1.54) is 5.56 Å². The van der Waals surface area contributed by atoms with Crippen molar-refractivity contribution in [1.29, 1.82) is 0 Å². The number of hydrogen-bond acceptors (Lipinski definition) is 4. The molecule has 0 aromatic heterocycles. The van der Waals surface area contributed by atoms with Crippen LogP contribution in [0.3, 0.4) is 0 Å². The number of likely N-dealkylation sites (tertiary alicyclic amines) is 2. The molecule has 1 aromatic carbocycles. The second-order valence-electron chi connectivity index (χ2n) is 7.23. The molecule has 24 heavy (non-hydrogen) atoms. The van der Waals surface area contributed by atoms with Crippen molar-refractivity contribution in [2.24, 2.45) is 0 Å². The molecule has 0 bridgehead atoms. The highest BCUT2D eigenvalue weighted by Gasteiger charge is 2.36. The molecule has 0 aliphatic carbocycles. The average molecular weight is 329 g/mol. The van der Waals surface area contributed by atoms with E-state index in [0.29, 0.717) is 24.4 Å². The van der Waals surface area contributed by atoms with Crippen LogP contribution in [-0.2, 0) is 9.53 Å². The van der Waals surface area contributed by atoms with Gasteiger partial charge >= 0.3 is 0 Å². The van der Waals surface area contributed by atoms with Crippen molar-refractivity contribution in [1.82, 2.24) is 14.7 Å². The molecule has 3 fully saturated rings. The Morgan fingerprint density at radius 3 is 2.54 bits per heavy atom. The van der Waals surface area contributed by atoms with Gasteiger partial charge in [0, 0.05) is 38.8 Å². The van der Waals surface area contributed by atoms with E-state index in [2.05, 4.69) is 40.1 Å². The Morgan fingerprint density at radius 2 is 1.79 bits per heavy atom. The highest BCUT2D eigenvalue weighted by molar-refractivity contribution is 5.79. The summed E-state index contributed by atoms with van der Waals surface area (Å²) in [6.45, 7) is 8.11. The monoisotopic (exact) mass is 329 g/mol. The number of ether oxygens (including phenoxy) is 1. The lowest BCUT2D eigenvalue weighted by Gasteiger charge is -2.46. The van der Waals surface area contributed by atoms with Crippen LogP contribution in [0.5, 0.6) is 0 Å². The van der Waals surface area contributed by atoms with E-state index >= 15 is 0 Å². The minimum Gasteiger partial charge on any atom is -0.379 e. The molecular formula is C19H27N3O2. The predicted octanol–water partition coefficient (Wildman–Crippen LogP) is 1.02. The maximum Gasteiger partial charge on any atom is 0.236 e. The Morgan fingerprint density at radius 1 is 1.04 bits per heavy atom. The molecule has 5 nitrogen and oxygen atoms in total.